The minimum Gasteiger partial charge on any atom is -0.378 e. The average Bonchev–Trinajstić information content (AvgIpc) is 3.55. The molecule has 0 aliphatic carbocycles. The summed E-state index contributed by atoms with van der Waals surface area (Å²) in [7, 11) is 3.37. The van der Waals surface area contributed by atoms with Gasteiger partial charge < -0.3 is 9.64 Å². The highest BCUT2D eigenvalue weighted by Gasteiger charge is 2.23. The van der Waals surface area contributed by atoms with E-state index in [0.29, 0.717) is 23.8 Å². The number of carbonyl (C=O) groups excluding carboxylic acids is 1. The molecular weight excluding hydrogens is 460 g/mol. The number of nitrogens with zero attached hydrogens (tertiary/aromatic N) is 6. The SMILES string of the molecule is COCc1c(C(=O)N(C)Cc2cccc3ncccc23)cnn1-c1ncc(C)c(-c2cccs2)n1. The Hall–Kier alpha value is -3.95. The van der Waals surface area contributed by atoms with E-state index in [1.54, 1.807) is 53.7 Å². The number of carbonyl (C=O) groups is 1. The molecule has 0 unspecified atom stereocenters. The van der Waals surface area contributed by atoms with Gasteiger partial charge in [0.25, 0.3) is 11.9 Å². The van der Waals surface area contributed by atoms with Crippen LogP contribution >= 0.6 is 11.3 Å². The summed E-state index contributed by atoms with van der Waals surface area (Å²) in [6.07, 6.45) is 5.10. The molecule has 1 amide bonds. The molecule has 0 saturated heterocycles. The lowest BCUT2D eigenvalue weighted by Gasteiger charge is -2.18. The van der Waals surface area contributed by atoms with E-state index in [1.165, 1.54) is 0 Å². The van der Waals surface area contributed by atoms with Crippen molar-refractivity contribution in [2.75, 3.05) is 14.2 Å². The molecule has 0 radical (unpaired) electrons. The predicted molar refractivity (Wildman–Crippen MR) is 135 cm³/mol. The first-order valence-corrected chi connectivity index (χ1v) is 12.0. The predicted octanol–water partition coefficient (Wildman–Crippen LogP) is 4.67. The second kappa shape index (κ2) is 9.73. The second-order valence-electron chi connectivity index (χ2n) is 8.18. The molecule has 9 heteroatoms. The van der Waals surface area contributed by atoms with Gasteiger partial charge in [0.2, 0.25) is 0 Å². The van der Waals surface area contributed by atoms with Crippen LogP contribution in [0.5, 0.6) is 0 Å². The standard InChI is InChI=1S/C26H24N6O2S/c1-17-13-28-26(30-24(17)23-10-6-12-35-23)32-22(16-34-3)20(14-29-32)25(33)31(2)15-18-7-4-9-21-19(18)8-5-11-27-21/h4-14H,15-16H2,1-3H3. The molecule has 0 aliphatic heterocycles. The number of rotatable bonds is 7. The summed E-state index contributed by atoms with van der Waals surface area (Å²) < 4.78 is 7.01. The van der Waals surface area contributed by atoms with E-state index in [4.69, 9.17) is 9.72 Å². The van der Waals surface area contributed by atoms with Crippen molar-refractivity contribution in [3.8, 4) is 16.5 Å². The maximum absolute atomic E-state index is 13.5. The zero-order valence-electron chi connectivity index (χ0n) is 19.7. The van der Waals surface area contributed by atoms with Crippen LogP contribution in [-0.2, 0) is 17.9 Å². The van der Waals surface area contributed by atoms with Crippen molar-refractivity contribution in [2.24, 2.45) is 0 Å². The molecule has 0 aliphatic rings. The van der Waals surface area contributed by atoms with E-state index in [9.17, 15) is 4.79 Å². The summed E-state index contributed by atoms with van der Waals surface area (Å²) in [5.74, 6) is 0.239. The van der Waals surface area contributed by atoms with Gasteiger partial charge in [-0.05, 0) is 41.6 Å². The van der Waals surface area contributed by atoms with Crippen LogP contribution in [0, 0.1) is 6.92 Å². The number of aromatic nitrogens is 5. The van der Waals surface area contributed by atoms with Crippen LogP contribution < -0.4 is 0 Å². The second-order valence-corrected chi connectivity index (χ2v) is 9.12. The number of benzene rings is 1. The summed E-state index contributed by atoms with van der Waals surface area (Å²) in [5.41, 5.74) is 4.79. The number of methoxy groups -OCH3 is 1. The maximum atomic E-state index is 13.5. The van der Waals surface area contributed by atoms with Crippen LogP contribution in [0.3, 0.4) is 0 Å². The Morgan fingerprint density at radius 1 is 1.11 bits per heavy atom. The molecule has 5 rings (SSSR count). The fourth-order valence-corrected chi connectivity index (χ4v) is 4.81. The lowest BCUT2D eigenvalue weighted by molar-refractivity contribution is 0.0780. The number of hydrogen-bond acceptors (Lipinski definition) is 7. The first-order chi connectivity index (χ1) is 17.1. The smallest absolute Gasteiger partial charge is 0.257 e. The third-order valence-electron chi connectivity index (χ3n) is 5.77. The third kappa shape index (κ3) is 4.43. The summed E-state index contributed by atoms with van der Waals surface area (Å²) >= 11 is 1.61. The van der Waals surface area contributed by atoms with Crippen molar-refractivity contribution in [3.05, 3.63) is 88.8 Å². The molecule has 0 atom stereocenters. The number of hydrogen-bond donors (Lipinski definition) is 0. The summed E-state index contributed by atoms with van der Waals surface area (Å²) in [6.45, 7) is 2.60. The molecule has 5 aromatic rings. The molecule has 1 aromatic carbocycles. The van der Waals surface area contributed by atoms with Crippen molar-refractivity contribution < 1.29 is 9.53 Å². The van der Waals surface area contributed by atoms with Crippen molar-refractivity contribution in [3.63, 3.8) is 0 Å². The molecule has 0 saturated carbocycles. The van der Waals surface area contributed by atoms with Crippen LogP contribution in [0.1, 0.15) is 27.2 Å². The van der Waals surface area contributed by atoms with Crippen LogP contribution in [0.15, 0.2) is 66.4 Å². The first-order valence-electron chi connectivity index (χ1n) is 11.1. The highest BCUT2D eigenvalue weighted by molar-refractivity contribution is 7.13. The molecule has 176 valence electrons. The highest BCUT2D eigenvalue weighted by atomic mass is 32.1. The Labute approximate surface area is 206 Å². The minimum absolute atomic E-state index is 0.158. The van der Waals surface area contributed by atoms with Gasteiger partial charge in [0.05, 0.1) is 40.1 Å². The van der Waals surface area contributed by atoms with E-state index in [-0.39, 0.29) is 12.5 Å². The monoisotopic (exact) mass is 484 g/mol. The van der Waals surface area contributed by atoms with E-state index in [2.05, 4.69) is 15.1 Å². The quantitative estimate of drug-likeness (QED) is 0.334. The molecule has 0 bridgehead atoms. The van der Waals surface area contributed by atoms with E-state index < -0.39 is 0 Å². The average molecular weight is 485 g/mol. The lowest BCUT2D eigenvalue weighted by atomic mass is 10.1. The lowest BCUT2D eigenvalue weighted by Crippen LogP contribution is -2.27. The fraction of sp³-hybridized carbons (Fsp3) is 0.192. The van der Waals surface area contributed by atoms with E-state index >= 15 is 0 Å². The number of aryl methyl sites for hydroxylation is 1. The van der Waals surface area contributed by atoms with Gasteiger partial charge in [0, 0.05) is 38.5 Å². The molecule has 0 N–H and O–H groups in total. The molecule has 0 spiro atoms. The van der Waals surface area contributed by atoms with Crippen molar-refractivity contribution >= 4 is 28.1 Å². The van der Waals surface area contributed by atoms with Crippen molar-refractivity contribution in [1.82, 2.24) is 29.6 Å². The highest BCUT2D eigenvalue weighted by Crippen LogP contribution is 2.27. The molecule has 8 nitrogen and oxygen atoms in total. The Kier molecular flexibility index (Phi) is 6.35. The third-order valence-corrected chi connectivity index (χ3v) is 6.65. The van der Waals surface area contributed by atoms with Crippen LogP contribution in [0.25, 0.3) is 27.4 Å². The Morgan fingerprint density at radius 2 is 2.00 bits per heavy atom. The summed E-state index contributed by atoms with van der Waals surface area (Å²) in [5, 5.41) is 7.51. The molecular formula is C26H24N6O2S. The first kappa shape index (κ1) is 22.8. The van der Waals surface area contributed by atoms with E-state index in [1.807, 2.05) is 54.8 Å². The van der Waals surface area contributed by atoms with Crippen LogP contribution in [0.2, 0.25) is 0 Å². The minimum atomic E-state index is -0.158. The molecule has 35 heavy (non-hydrogen) atoms. The van der Waals surface area contributed by atoms with Gasteiger partial charge in [-0.3, -0.25) is 9.78 Å². The fourth-order valence-electron chi connectivity index (χ4n) is 4.04. The normalized spacial score (nSPS) is 11.2. The van der Waals surface area contributed by atoms with Gasteiger partial charge in [-0.25, -0.2) is 9.97 Å². The van der Waals surface area contributed by atoms with Gasteiger partial charge in [0.1, 0.15) is 0 Å². The largest absolute Gasteiger partial charge is 0.378 e. The summed E-state index contributed by atoms with van der Waals surface area (Å²) in [6, 6.07) is 13.9. The number of thiophene rings is 1. The van der Waals surface area contributed by atoms with Gasteiger partial charge in [-0.1, -0.05) is 24.3 Å². The van der Waals surface area contributed by atoms with Crippen molar-refractivity contribution in [2.45, 2.75) is 20.1 Å². The number of pyridine rings is 1. The Balaban J connectivity index is 1.48. The zero-order valence-corrected chi connectivity index (χ0v) is 20.5. The van der Waals surface area contributed by atoms with Gasteiger partial charge >= 0.3 is 0 Å². The van der Waals surface area contributed by atoms with E-state index in [0.717, 1.165) is 32.6 Å². The number of ether oxygens (including phenoxy) is 1. The van der Waals surface area contributed by atoms with Crippen LogP contribution in [0.4, 0.5) is 0 Å². The van der Waals surface area contributed by atoms with Gasteiger partial charge in [0.15, 0.2) is 0 Å². The Bertz CT molecular complexity index is 1490. The Morgan fingerprint density at radius 3 is 2.80 bits per heavy atom. The van der Waals surface area contributed by atoms with Crippen molar-refractivity contribution in [1.29, 1.82) is 0 Å². The number of amides is 1. The maximum Gasteiger partial charge on any atom is 0.257 e. The zero-order chi connectivity index (χ0) is 24.4. The topological polar surface area (TPSA) is 86.0 Å². The summed E-state index contributed by atoms with van der Waals surface area (Å²) in [4.78, 5) is 29.9. The molecule has 4 aromatic heterocycles. The molecule has 0 fully saturated rings. The van der Waals surface area contributed by atoms with Gasteiger partial charge in [-0.15, -0.1) is 11.3 Å². The van der Waals surface area contributed by atoms with Gasteiger partial charge in [-0.2, -0.15) is 9.78 Å². The molecule has 4 heterocycles. The number of fused-ring (bicyclic) bond motifs is 1. The van der Waals surface area contributed by atoms with Crippen LogP contribution in [-0.4, -0.2) is 49.7 Å².